The van der Waals surface area contributed by atoms with Crippen LogP contribution in [0.5, 0.6) is 0 Å². The standard InChI is InChI=1S/C40H53O2P/c1-37(2,3)31-20-16-21-32(38(4,5)6)35(31)43(41,42,30-26-24-29(25-27-30)28-18-14-13-15-19-28)36-33(39(7,8)9)22-17-23-34(36)40(10,11)12/h13-27,41-42H,1-12H3. The maximum atomic E-state index is 14.1. The van der Waals surface area contributed by atoms with E-state index in [1.807, 2.05) is 42.5 Å². The average molecular weight is 597 g/mol. The SMILES string of the molecule is CC(C)(C)c1cccc(C(C)(C)C)c1P(O)(O)(c1ccc(-c2ccccc2)cc1)c1c(C(C)(C)C)cccc1C(C)(C)C. The Morgan fingerprint density at radius 3 is 0.977 bits per heavy atom. The van der Waals surface area contributed by atoms with Crippen molar-refractivity contribution in [3.05, 3.63) is 113 Å². The first kappa shape index (κ1) is 33.1. The van der Waals surface area contributed by atoms with Crippen LogP contribution < -0.4 is 15.9 Å². The molecule has 0 radical (unpaired) electrons. The van der Waals surface area contributed by atoms with Gasteiger partial charge < -0.3 is 0 Å². The van der Waals surface area contributed by atoms with E-state index in [1.165, 1.54) is 0 Å². The average Bonchev–Trinajstić information content (AvgIpc) is 2.91. The molecular weight excluding hydrogens is 543 g/mol. The van der Waals surface area contributed by atoms with E-state index < -0.39 is 7.06 Å². The summed E-state index contributed by atoms with van der Waals surface area (Å²) in [4.78, 5) is 28.2. The first-order chi connectivity index (χ1) is 19.6. The summed E-state index contributed by atoms with van der Waals surface area (Å²) in [5.74, 6) is 0. The summed E-state index contributed by atoms with van der Waals surface area (Å²) in [6.07, 6.45) is 0. The van der Waals surface area contributed by atoms with Gasteiger partial charge in [-0.1, -0.05) is 0 Å². The minimum atomic E-state index is -5.16. The molecular formula is C40H53O2P. The first-order valence-electron chi connectivity index (χ1n) is 15.5. The van der Waals surface area contributed by atoms with Crippen LogP contribution in [0, 0.1) is 0 Å². The van der Waals surface area contributed by atoms with Crippen LogP contribution in [0.25, 0.3) is 11.1 Å². The van der Waals surface area contributed by atoms with E-state index in [9.17, 15) is 9.79 Å². The Labute approximate surface area is 261 Å². The fourth-order valence-corrected chi connectivity index (χ4v) is 11.3. The molecule has 4 aromatic rings. The number of hydrogen-bond donors (Lipinski definition) is 2. The summed E-state index contributed by atoms with van der Waals surface area (Å²) < 4.78 is 0. The molecule has 0 bridgehead atoms. The second-order valence-electron chi connectivity index (χ2n) is 16.3. The van der Waals surface area contributed by atoms with Crippen LogP contribution in [0.1, 0.15) is 105 Å². The van der Waals surface area contributed by atoms with Gasteiger partial charge in [0.1, 0.15) is 0 Å². The number of rotatable bonds is 4. The van der Waals surface area contributed by atoms with Crippen LogP contribution in [-0.2, 0) is 21.7 Å². The van der Waals surface area contributed by atoms with Gasteiger partial charge in [0.05, 0.1) is 0 Å². The fraction of sp³-hybridized carbons (Fsp3) is 0.400. The van der Waals surface area contributed by atoms with Crippen molar-refractivity contribution in [3.63, 3.8) is 0 Å². The molecule has 0 aliphatic carbocycles. The summed E-state index contributed by atoms with van der Waals surface area (Å²) in [6, 6.07) is 30.9. The van der Waals surface area contributed by atoms with Crippen molar-refractivity contribution < 1.29 is 9.79 Å². The van der Waals surface area contributed by atoms with E-state index in [-0.39, 0.29) is 21.7 Å². The van der Waals surface area contributed by atoms with Gasteiger partial charge in [0.15, 0.2) is 0 Å². The summed E-state index contributed by atoms with van der Waals surface area (Å²) in [5, 5.41) is 1.93. The Morgan fingerprint density at radius 1 is 0.372 bits per heavy atom. The van der Waals surface area contributed by atoms with Crippen LogP contribution in [0.3, 0.4) is 0 Å². The molecule has 4 aromatic carbocycles. The molecule has 0 saturated carbocycles. The fourth-order valence-electron chi connectivity index (χ4n) is 6.36. The maximum absolute atomic E-state index is 14.1. The van der Waals surface area contributed by atoms with Crippen LogP contribution >= 0.6 is 7.06 Å². The number of hydrogen-bond acceptors (Lipinski definition) is 2. The molecule has 230 valence electrons. The van der Waals surface area contributed by atoms with Gasteiger partial charge in [0, 0.05) is 0 Å². The van der Waals surface area contributed by atoms with Crippen LogP contribution in [0.2, 0.25) is 0 Å². The second kappa shape index (κ2) is 10.7. The topological polar surface area (TPSA) is 40.5 Å². The van der Waals surface area contributed by atoms with Gasteiger partial charge in [0.25, 0.3) is 0 Å². The molecule has 0 spiro atoms. The second-order valence-corrected chi connectivity index (χ2v) is 19.8. The van der Waals surface area contributed by atoms with Gasteiger partial charge >= 0.3 is 262 Å². The molecule has 2 N–H and O–H groups in total. The van der Waals surface area contributed by atoms with Crippen LogP contribution in [0.15, 0.2) is 91.0 Å². The predicted molar refractivity (Wildman–Crippen MR) is 190 cm³/mol. The van der Waals surface area contributed by atoms with Crippen LogP contribution in [0.4, 0.5) is 0 Å². The molecule has 4 rings (SSSR count). The van der Waals surface area contributed by atoms with Gasteiger partial charge in [-0.25, -0.2) is 0 Å². The third kappa shape index (κ3) is 6.00. The molecule has 0 unspecified atom stereocenters. The van der Waals surface area contributed by atoms with E-state index in [0.29, 0.717) is 15.9 Å². The normalized spacial score (nSPS) is 14.3. The van der Waals surface area contributed by atoms with Crippen molar-refractivity contribution in [3.8, 4) is 11.1 Å². The zero-order valence-corrected chi connectivity index (χ0v) is 29.4. The van der Waals surface area contributed by atoms with E-state index >= 15 is 0 Å². The Kier molecular flexibility index (Phi) is 8.24. The molecule has 0 fully saturated rings. The molecule has 0 saturated heterocycles. The quantitative estimate of drug-likeness (QED) is 0.231. The molecule has 0 heterocycles. The van der Waals surface area contributed by atoms with E-state index in [2.05, 4.69) is 132 Å². The molecule has 0 aromatic heterocycles. The Hall–Kier alpha value is -2.77. The van der Waals surface area contributed by atoms with Crippen molar-refractivity contribution >= 4 is 23.0 Å². The molecule has 3 heteroatoms. The summed E-state index contributed by atoms with van der Waals surface area (Å²) in [6.45, 7) is 26.1. The number of benzene rings is 4. The molecule has 0 aliphatic heterocycles. The zero-order valence-electron chi connectivity index (χ0n) is 28.5. The van der Waals surface area contributed by atoms with Gasteiger partial charge in [-0.15, -0.1) is 0 Å². The van der Waals surface area contributed by atoms with Crippen molar-refractivity contribution in [2.24, 2.45) is 0 Å². The van der Waals surface area contributed by atoms with E-state index in [4.69, 9.17) is 0 Å². The molecule has 0 aliphatic rings. The van der Waals surface area contributed by atoms with Crippen molar-refractivity contribution in [1.82, 2.24) is 0 Å². The first-order valence-corrected chi connectivity index (χ1v) is 17.7. The third-order valence-electron chi connectivity index (χ3n) is 8.61. The third-order valence-corrected chi connectivity index (χ3v) is 12.5. The summed E-state index contributed by atoms with van der Waals surface area (Å²) in [7, 11) is -5.16. The summed E-state index contributed by atoms with van der Waals surface area (Å²) in [5.41, 5.74) is 4.67. The van der Waals surface area contributed by atoms with E-state index in [0.717, 1.165) is 33.4 Å². The van der Waals surface area contributed by atoms with Crippen molar-refractivity contribution in [2.75, 3.05) is 0 Å². The molecule has 0 amide bonds. The Bertz CT molecular complexity index is 1460. The minimum absolute atomic E-state index is 0.340. The van der Waals surface area contributed by atoms with Gasteiger partial charge in [-0.2, -0.15) is 0 Å². The van der Waals surface area contributed by atoms with E-state index in [1.54, 1.807) is 0 Å². The Morgan fingerprint density at radius 2 is 0.674 bits per heavy atom. The van der Waals surface area contributed by atoms with Gasteiger partial charge in [-0.3, -0.25) is 0 Å². The van der Waals surface area contributed by atoms with Crippen molar-refractivity contribution in [2.45, 2.75) is 105 Å². The molecule has 2 nitrogen and oxygen atoms in total. The Balaban J connectivity index is 2.33. The molecule has 43 heavy (non-hydrogen) atoms. The van der Waals surface area contributed by atoms with Gasteiger partial charge in [0.2, 0.25) is 0 Å². The van der Waals surface area contributed by atoms with Crippen molar-refractivity contribution in [1.29, 1.82) is 0 Å². The van der Waals surface area contributed by atoms with Crippen LogP contribution in [-0.4, -0.2) is 9.79 Å². The van der Waals surface area contributed by atoms with Gasteiger partial charge in [-0.05, 0) is 0 Å². The molecule has 0 atom stereocenters. The monoisotopic (exact) mass is 596 g/mol. The zero-order chi connectivity index (χ0) is 32.2. The predicted octanol–water partition coefficient (Wildman–Crippen LogP) is 9.19. The summed E-state index contributed by atoms with van der Waals surface area (Å²) >= 11 is 0.